The summed E-state index contributed by atoms with van der Waals surface area (Å²) in [5.74, 6) is 0. The summed E-state index contributed by atoms with van der Waals surface area (Å²) in [5.41, 5.74) is 0. The summed E-state index contributed by atoms with van der Waals surface area (Å²) in [6.45, 7) is 0. The summed E-state index contributed by atoms with van der Waals surface area (Å²) in [7, 11) is 0. The van der Waals surface area contributed by atoms with E-state index in [1.807, 2.05) is 18.3 Å². The van der Waals surface area contributed by atoms with Crippen molar-refractivity contribution in [2.45, 2.75) is 0 Å². The van der Waals surface area contributed by atoms with Crippen LogP contribution in [-0.4, -0.2) is 4.98 Å². The van der Waals surface area contributed by atoms with Crippen molar-refractivity contribution in [3.63, 3.8) is 0 Å². The molecule has 0 aliphatic heterocycles. The van der Waals surface area contributed by atoms with Gasteiger partial charge in [0.05, 0.1) is 0 Å². The van der Waals surface area contributed by atoms with Crippen LogP contribution < -0.4 is 3.20 Å². The predicted molar refractivity (Wildman–Crippen MR) is 23.9 cm³/mol. The zero-order valence-corrected chi connectivity index (χ0v) is 9.46. The van der Waals surface area contributed by atoms with Gasteiger partial charge in [0.15, 0.2) is 0 Å². The predicted octanol–water partition coefficient (Wildman–Crippen LogP) is 0.254. The quantitative estimate of drug-likeness (QED) is 0.620. The monoisotopic (exact) mass is 280 g/mol. The van der Waals surface area contributed by atoms with E-state index in [9.17, 15) is 0 Å². The molecule has 0 aromatic carbocycles. The van der Waals surface area contributed by atoms with E-state index in [0.29, 0.717) is 26.1 Å². The number of hydrogen-bond acceptors (Lipinski definition) is 1. The molecule has 0 aliphatic rings. The Kier molecular flexibility index (Phi) is 1.80. The van der Waals surface area contributed by atoms with Crippen LogP contribution in [0.25, 0.3) is 0 Å². The maximum atomic E-state index is 4.07. The number of nitrogens with zero attached hydrogens (tertiary/aromatic N) is 1. The van der Waals surface area contributed by atoms with E-state index >= 15 is 0 Å². The molecule has 1 nitrogen and oxygen atoms in total. The van der Waals surface area contributed by atoms with Crippen LogP contribution in [0.5, 0.6) is 0 Å². The number of rotatable bonds is 0. The van der Waals surface area contributed by atoms with Crippen molar-refractivity contribution in [2.24, 2.45) is 0 Å². The minimum atomic E-state index is 0.699. The average Bonchev–Trinajstić information content (AvgIpc) is 1.69. The maximum absolute atomic E-state index is 4.07. The van der Waals surface area contributed by atoms with Gasteiger partial charge in [-0.05, 0) is 0 Å². The van der Waals surface area contributed by atoms with E-state index in [0.717, 1.165) is 0 Å². The molecule has 0 saturated carbocycles. The molecular formula is C5H4HgN+. The first-order valence-electron chi connectivity index (χ1n) is 2.12. The molecule has 1 heterocycles. The number of pyridine rings is 1. The Bertz CT molecular complexity index is 138. The molecule has 30 valence electrons. The summed E-state index contributed by atoms with van der Waals surface area (Å²) in [6.07, 6.45) is 1.84. The Morgan fingerprint density at radius 3 is 2.57 bits per heavy atom. The van der Waals surface area contributed by atoms with Gasteiger partial charge in [0.1, 0.15) is 0 Å². The van der Waals surface area contributed by atoms with Gasteiger partial charge < -0.3 is 0 Å². The van der Waals surface area contributed by atoms with Crippen molar-refractivity contribution in [3.05, 3.63) is 24.4 Å². The molecule has 1 rings (SSSR count). The zero-order valence-electron chi connectivity index (χ0n) is 3.96. The van der Waals surface area contributed by atoms with E-state index in [2.05, 4.69) is 11.1 Å². The normalized spacial score (nSPS) is 8.86. The third kappa shape index (κ3) is 1.55. The number of aromatic nitrogens is 1. The first-order chi connectivity index (χ1) is 3.39. The average molecular weight is 279 g/mol. The Labute approximate surface area is 58.7 Å². The van der Waals surface area contributed by atoms with Gasteiger partial charge in [-0.25, -0.2) is 0 Å². The van der Waals surface area contributed by atoms with Crippen molar-refractivity contribution >= 4 is 3.20 Å². The van der Waals surface area contributed by atoms with Gasteiger partial charge in [-0.3, -0.25) is 0 Å². The Morgan fingerprint density at radius 1 is 1.43 bits per heavy atom. The molecule has 0 radical (unpaired) electrons. The molecule has 2 heteroatoms. The topological polar surface area (TPSA) is 12.9 Å². The second kappa shape index (κ2) is 2.41. The fraction of sp³-hybridized carbons (Fsp3) is 0. The van der Waals surface area contributed by atoms with Gasteiger partial charge in [0, 0.05) is 0 Å². The van der Waals surface area contributed by atoms with Crippen LogP contribution >= 0.6 is 0 Å². The van der Waals surface area contributed by atoms with Gasteiger partial charge in [-0.2, -0.15) is 0 Å². The third-order valence-electron chi connectivity index (χ3n) is 0.726. The minimum absolute atomic E-state index is 0.699. The van der Waals surface area contributed by atoms with Gasteiger partial charge in [-0.15, -0.1) is 0 Å². The van der Waals surface area contributed by atoms with Crippen LogP contribution in [0.4, 0.5) is 0 Å². The van der Waals surface area contributed by atoms with Crippen LogP contribution in [0.2, 0.25) is 0 Å². The third-order valence-corrected chi connectivity index (χ3v) is 2.35. The summed E-state index contributed by atoms with van der Waals surface area (Å²) >= 11 is 0.699. The van der Waals surface area contributed by atoms with E-state index in [-0.39, 0.29) is 0 Å². The molecule has 0 atom stereocenters. The summed E-state index contributed by atoms with van der Waals surface area (Å²) in [5, 5.41) is 0. The second-order valence-corrected chi connectivity index (χ2v) is 4.14. The van der Waals surface area contributed by atoms with Crippen molar-refractivity contribution in [1.82, 2.24) is 4.98 Å². The fourth-order valence-electron chi connectivity index (χ4n) is 0.398. The molecule has 7 heavy (non-hydrogen) atoms. The van der Waals surface area contributed by atoms with Crippen molar-refractivity contribution < 1.29 is 26.1 Å². The van der Waals surface area contributed by atoms with E-state index in [4.69, 9.17) is 0 Å². The Balaban J connectivity index is 3.02. The second-order valence-electron chi connectivity index (χ2n) is 1.32. The van der Waals surface area contributed by atoms with Crippen LogP contribution in [0, 0.1) is 0 Å². The van der Waals surface area contributed by atoms with E-state index in [1.54, 1.807) is 0 Å². The van der Waals surface area contributed by atoms with Gasteiger partial charge in [0.2, 0.25) is 0 Å². The summed E-state index contributed by atoms with van der Waals surface area (Å²) < 4.78 is 1.27. The van der Waals surface area contributed by atoms with Gasteiger partial charge in [0.25, 0.3) is 0 Å². The van der Waals surface area contributed by atoms with Crippen LogP contribution in [0.15, 0.2) is 24.4 Å². The molecule has 1 aromatic rings. The summed E-state index contributed by atoms with van der Waals surface area (Å²) in [4.78, 5) is 4.07. The van der Waals surface area contributed by atoms with E-state index < -0.39 is 0 Å². The molecular weight excluding hydrogens is 275 g/mol. The molecule has 0 amide bonds. The van der Waals surface area contributed by atoms with E-state index in [1.165, 1.54) is 3.20 Å². The molecule has 0 fully saturated rings. The molecule has 0 aliphatic carbocycles. The molecule has 0 saturated heterocycles. The van der Waals surface area contributed by atoms with Gasteiger partial charge in [-0.1, -0.05) is 0 Å². The van der Waals surface area contributed by atoms with Crippen LogP contribution in [0.1, 0.15) is 0 Å². The Hall–Kier alpha value is 0.0851. The fourth-order valence-corrected chi connectivity index (χ4v) is 1.34. The first-order valence-corrected chi connectivity index (χ1v) is 4.87. The molecule has 0 unspecified atom stereocenters. The van der Waals surface area contributed by atoms with Gasteiger partial charge >= 0.3 is 58.7 Å². The van der Waals surface area contributed by atoms with Crippen molar-refractivity contribution in [1.29, 1.82) is 0 Å². The van der Waals surface area contributed by atoms with Crippen molar-refractivity contribution in [2.75, 3.05) is 0 Å². The molecule has 0 bridgehead atoms. The SMILES string of the molecule is [Hg+][c]1ccccn1. The molecule has 0 N–H and O–H groups in total. The van der Waals surface area contributed by atoms with Crippen molar-refractivity contribution in [3.8, 4) is 0 Å². The molecule has 1 aromatic heterocycles. The summed E-state index contributed by atoms with van der Waals surface area (Å²) in [6, 6.07) is 6.02. The Morgan fingerprint density at radius 2 is 2.29 bits per heavy atom. The molecule has 0 spiro atoms. The van der Waals surface area contributed by atoms with Crippen LogP contribution in [0.3, 0.4) is 0 Å². The standard InChI is InChI=1S/C5H4N.Hg/c1-2-4-6-5-3-1;/h1-4H;/q;+1. The van der Waals surface area contributed by atoms with Crippen LogP contribution in [-0.2, 0) is 26.1 Å². The number of hydrogen-bond donors (Lipinski definition) is 0. The first kappa shape index (κ1) is 5.23. The zero-order chi connectivity index (χ0) is 5.11.